The van der Waals surface area contributed by atoms with E-state index >= 15 is 0 Å². The molecule has 2 N–H and O–H groups in total. The van der Waals surface area contributed by atoms with Crippen LogP contribution < -0.4 is 0 Å². The summed E-state index contributed by atoms with van der Waals surface area (Å²) in [4.78, 5) is 8.59. The Hall–Kier alpha value is -2.10. The fraction of sp³-hybridized carbons (Fsp3) is 0.167. The second kappa shape index (κ2) is 2.72. The van der Waals surface area contributed by atoms with Gasteiger partial charge in [0.15, 0.2) is 11.5 Å². The molecule has 0 amide bonds. The van der Waals surface area contributed by atoms with Crippen LogP contribution in [0.15, 0.2) is 12.1 Å². The van der Waals surface area contributed by atoms with Crippen LogP contribution in [0.4, 0.5) is 0 Å². The first kappa shape index (κ1) is 9.15. The summed E-state index contributed by atoms with van der Waals surface area (Å²) in [6.07, 6.45) is 0. The van der Waals surface area contributed by atoms with Gasteiger partial charge in [0.2, 0.25) is 0 Å². The maximum absolute atomic E-state index is 9.42. The van der Waals surface area contributed by atoms with Crippen LogP contribution in [0.5, 0.6) is 0 Å². The van der Waals surface area contributed by atoms with Gasteiger partial charge in [-0.15, -0.1) is 0 Å². The van der Waals surface area contributed by atoms with E-state index in [0.29, 0.717) is 11.4 Å². The first-order chi connectivity index (χ1) is 7.59. The number of aliphatic hydroxyl groups is 2. The highest BCUT2D eigenvalue weighted by atomic mass is 16.3. The Morgan fingerprint density at radius 2 is 1.56 bits per heavy atom. The van der Waals surface area contributed by atoms with Crippen molar-refractivity contribution in [2.24, 2.45) is 0 Å². The molecule has 0 aliphatic heterocycles. The Morgan fingerprint density at radius 3 is 2.25 bits per heavy atom. The molecule has 0 atom stereocenters. The van der Waals surface area contributed by atoms with Gasteiger partial charge in [0.1, 0.15) is 11.4 Å². The molecule has 16 heavy (non-hydrogen) atoms. The van der Waals surface area contributed by atoms with Crippen LogP contribution in [0.25, 0.3) is 22.6 Å². The lowest BCUT2D eigenvalue weighted by molar-refractivity contribution is 0.440. The molecule has 0 spiro atoms. The van der Waals surface area contributed by atoms with E-state index in [1.165, 1.54) is 0 Å². The summed E-state index contributed by atoms with van der Waals surface area (Å²) in [6.45, 7) is 3.97. The van der Waals surface area contributed by atoms with E-state index in [9.17, 15) is 10.2 Å². The molecule has 1 aliphatic carbocycles. The number of hydrogen-bond donors (Lipinski definition) is 2. The molecule has 0 saturated heterocycles. The molecule has 80 valence electrons. The van der Waals surface area contributed by atoms with Gasteiger partial charge in [-0.1, -0.05) is 6.07 Å². The lowest BCUT2D eigenvalue weighted by atomic mass is 10.0. The van der Waals surface area contributed by atoms with Crippen LogP contribution in [-0.4, -0.2) is 20.2 Å². The Bertz CT molecular complexity index is 660. The number of benzene rings is 1. The molecule has 0 radical (unpaired) electrons. The van der Waals surface area contributed by atoms with Crippen molar-refractivity contribution >= 4 is 22.6 Å². The molecule has 0 bridgehead atoms. The summed E-state index contributed by atoms with van der Waals surface area (Å²) >= 11 is 0. The minimum atomic E-state index is -0.164. The fourth-order valence-corrected chi connectivity index (χ4v) is 1.85. The molecule has 4 nitrogen and oxygen atoms in total. The molecular formula is C12H10N2O2. The van der Waals surface area contributed by atoms with Crippen LogP contribution in [0, 0.1) is 13.8 Å². The number of aromatic nitrogens is 2. The van der Waals surface area contributed by atoms with Gasteiger partial charge >= 0.3 is 0 Å². The van der Waals surface area contributed by atoms with Crippen LogP contribution in [0.3, 0.4) is 0 Å². The lowest BCUT2D eigenvalue weighted by Crippen LogP contribution is -2.12. The van der Waals surface area contributed by atoms with Crippen LogP contribution >= 0.6 is 0 Å². The third-order valence-corrected chi connectivity index (χ3v) is 3.03. The van der Waals surface area contributed by atoms with E-state index in [1.807, 2.05) is 26.0 Å². The van der Waals surface area contributed by atoms with Gasteiger partial charge < -0.3 is 10.2 Å². The fourth-order valence-electron chi connectivity index (χ4n) is 1.85. The second-order valence-electron chi connectivity index (χ2n) is 3.99. The number of fused-ring (bicyclic) bond motifs is 2. The van der Waals surface area contributed by atoms with Crippen molar-refractivity contribution in [3.63, 3.8) is 0 Å². The van der Waals surface area contributed by atoms with Gasteiger partial charge in [0.05, 0.1) is 11.0 Å². The minimum Gasteiger partial charge on any atom is -0.503 e. The summed E-state index contributed by atoms with van der Waals surface area (Å²) in [5, 5.41) is 18.8. The maximum atomic E-state index is 9.42. The number of nitrogens with zero attached hydrogens (tertiary/aromatic N) is 2. The first-order valence-electron chi connectivity index (χ1n) is 5.00. The molecule has 4 heteroatoms. The van der Waals surface area contributed by atoms with Crippen molar-refractivity contribution in [2.75, 3.05) is 0 Å². The molecule has 1 aromatic heterocycles. The topological polar surface area (TPSA) is 66.2 Å². The normalized spacial score (nSPS) is 13.9. The molecule has 0 unspecified atom stereocenters. The van der Waals surface area contributed by atoms with Gasteiger partial charge in [0, 0.05) is 0 Å². The highest BCUT2D eigenvalue weighted by Gasteiger charge is 2.29. The monoisotopic (exact) mass is 214 g/mol. The van der Waals surface area contributed by atoms with Crippen molar-refractivity contribution in [1.82, 2.24) is 9.97 Å². The van der Waals surface area contributed by atoms with Gasteiger partial charge in [0.25, 0.3) is 0 Å². The predicted octanol–water partition coefficient (Wildman–Crippen LogP) is 2.50. The number of rotatable bonds is 0. The highest BCUT2D eigenvalue weighted by Crippen LogP contribution is 2.35. The van der Waals surface area contributed by atoms with Gasteiger partial charge in [-0.2, -0.15) is 0 Å². The van der Waals surface area contributed by atoms with Crippen molar-refractivity contribution in [3.05, 3.63) is 34.6 Å². The molecule has 2 aromatic rings. The van der Waals surface area contributed by atoms with E-state index in [1.54, 1.807) is 0 Å². The summed E-state index contributed by atoms with van der Waals surface area (Å²) < 4.78 is 0. The van der Waals surface area contributed by atoms with E-state index in [4.69, 9.17) is 0 Å². The summed E-state index contributed by atoms with van der Waals surface area (Å²) in [6, 6.07) is 3.84. The number of aryl methyl sites for hydroxylation is 2. The zero-order chi connectivity index (χ0) is 11.4. The molecular weight excluding hydrogens is 204 g/mol. The average Bonchev–Trinajstić information content (AvgIpc) is 2.31. The average molecular weight is 214 g/mol. The van der Waals surface area contributed by atoms with Crippen molar-refractivity contribution in [2.45, 2.75) is 13.8 Å². The molecule has 1 aromatic carbocycles. The largest absolute Gasteiger partial charge is 0.503 e. The van der Waals surface area contributed by atoms with Crippen LogP contribution in [-0.2, 0) is 0 Å². The third-order valence-electron chi connectivity index (χ3n) is 3.03. The molecule has 0 fully saturated rings. The standard InChI is InChI=1S/C12H10N2O2/c1-5-3-4-7-8(6(5)2)14-10-9(13-7)11(15)12(10)16/h3-4,15-16H,1-2H3. The van der Waals surface area contributed by atoms with Crippen molar-refractivity contribution in [3.8, 4) is 0 Å². The van der Waals surface area contributed by atoms with E-state index in [-0.39, 0.29) is 11.5 Å². The van der Waals surface area contributed by atoms with Gasteiger partial charge in [-0.05, 0) is 31.0 Å². The predicted molar refractivity (Wildman–Crippen MR) is 61.1 cm³/mol. The van der Waals surface area contributed by atoms with Gasteiger partial charge in [-0.3, -0.25) is 0 Å². The molecule has 3 rings (SSSR count). The quantitative estimate of drug-likeness (QED) is 0.707. The smallest absolute Gasteiger partial charge is 0.188 e. The van der Waals surface area contributed by atoms with E-state index < -0.39 is 0 Å². The molecule has 1 heterocycles. The van der Waals surface area contributed by atoms with E-state index in [2.05, 4.69) is 9.97 Å². The first-order valence-corrected chi connectivity index (χ1v) is 5.00. The zero-order valence-corrected chi connectivity index (χ0v) is 8.94. The Labute approximate surface area is 91.9 Å². The van der Waals surface area contributed by atoms with E-state index in [0.717, 1.165) is 22.2 Å². The number of hydrogen-bond acceptors (Lipinski definition) is 4. The van der Waals surface area contributed by atoms with Crippen LogP contribution in [0.2, 0.25) is 0 Å². The zero-order valence-electron chi connectivity index (χ0n) is 8.94. The maximum Gasteiger partial charge on any atom is 0.188 e. The summed E-state index contributed by atoms with van der Waals surface area (Å²) in [7, 11) is 0. The Balaban J connectivity index is 2.39. The highest BCUT2D eigenvalue weighted by molar-refractivity contribution is 5.96. The molecule has 0 saturated carbocycles. The van der Waals surface area contributed by atoms with Crippen molar-refractivity contribution < 1.29 is 10.2 Å². The Kier molecular flexibility index (Phi) is 1.56. The number of aliphatic hydroxyl groups excluding tert-OH is 2. The lowest BCUT2D eigenvalue weighted by Gasteiger charge is -2.17. The second-order valence-corrected chi connectivity index (χ2v) is 3.99. The third kappa shape index (κ3) is 0.934. The Morgan fingerprint density at radius 1 is 0.938 bits per heavy atom. The molecule has 1 aliphatic rings. The van der Waals surface area contributed by atoms with Crippen LogP contribution in [0.1, 0.15) is 22.5 Å². The van der Waals surface area contributed by atoms with Crippen molar-refractivity contribution in [1.29, 1.82) is 0 Å². The summed E-state index contributed by atoms with van der Waals surface area (Å²) in [5.41, 5.74) is 4.46. The van der Waals surface area contributed by atoms with Gasteiger partial charge in [-0.25, -0.2) is 9.97 Å². The SMILES string of the molecule is Cc1ccc2nc3c(nc2c1C)C(O)=C3O. The minimum absolute atomic E-state index is 0.162. The summed E-state index contributed by atoms with van der Waals surface area (Å²) in [5.74, 6) is -0.326.